The molecule has 0 aliphatic heterocycles. The van der Waals surface area contributed by atoms with Gasteiger partial charge in [-0.1, -0.05) is 0 Å². The van der Waals surface area contributed by atoms with Crippen molar-refractivity contribution in [2.75, 3.05) is 13.7 Å². The summed E-state index contributed by atoms with van der Waals surface area (Å²) in [4.78, 5) is 11.3. The minimum absolute atomic E-state index is 0.0419. The molecular formula is C9H19NO4S. The second kappa shape index (κ2) is 4.94. The number of hydrogen-bond acceptors (Lipinski definition) is 4. The molecule has 0 aromatic heterocycles. The number of carbonyl (C=O) groups is 1. The van der Waals surface area contributed by atoms with E-state index >= 15 is 0 Å². The van der Waals surface area contributed by atoms with Crippen LogP contribution in [0.25, 0.3) is 0 Å². The molecule has 0 unspecified atom stereocenters. The highest BCUT2D eigenvalue weighted by Crippen LogP contribution is 2.16. The average Bonchev–Trinajstić information content (AvgIpc) is 2.13. The fourth-order valence-electron chi connectivity index (χ4n) is 0.796. The van der Waals surface area contributed by atoms with E-state index in [-0.39, 0.29) is 6.54 Å². The van der Waals surface area contributed by atoms with Crippen LogP contribution in [0.3, 0.4) is 0 Å². The first-order chi connectivity index (χ1) is 6.63. The Balaban J connectivity index is 4.46. The fourth-order valence-corrected chi connectivity index (χ4v) is 1.69. The lowest BCUT2D eigenvalue weighted by Crippen LogP contribution is -2.41. The van der Waals surface area contributed by atoms with Crippen LogP contribution in [-0.2, 0) is 19.6 Å². The number of ether oxygens (including phenoxy) is 1. The highest BCUT2D eigenvalue weighted by molar-refractivity contribution is 7.90. The zero-order chi connectivity index (χ0) is 12.3. The quantitative estimate of drug-likeness (QED) is 0.707. The van der Waals surface area contributed by atoms with Crippen LogP contribution >= 0.6 is 0 Å². The van der Waals surface area contributed by atoms with Crippen LogP contribution in [0.15, 0.2) is 0 Å². The predicted octanol–water partition coefficient (Wildman–Crippen LogP) is 0.513. The van der Waals surface area contributed by atoms with Crippen LogP contribution < -0.4 is 4.72 Å². The first-order valence-electron chi connectivity index (χ1n) is 4.70. The molecule has 5 nitrogen and oxygen atoms in total. The van der Waals surface area contributed by atoms with Crippen molar-refractivity contribution in [3.8, 4) is 0 Å². The molecule has 6 heteroatoms. The van der Waals surface area contributed by atoms with E-state index < -0.39 is 26.7 Å². The van der Waals surface area contributed by atoms with Crippen LogP contribution in [-0.4, -0.2) is 33.3 Å². The largest absolute Gasteiger partial charge is 0.469 e. The summed E-state index contributed by atoms with van der Waals surface area (Å²) in [6.07, 6.45) is 0. The SMILES string of the molecule is COC(=O)C(C)(C)CNS(=O)(=O)C(C)C. The van der Waals surface area contributed by atoms with Crippen molar-refractivity contribution < 1.29 is 17.9 Å². The Kier molecular flexibility index (Phi) is 4.73. The van der Waals surface area contributed by atoms with Gasteiger partial charge in [-0.2, -0.15) is 0 Å². The highest BCUT2D eigenvalue weighted by Gasteiger charge is 2.30. The van der Waals surface area contributed by atoms with Crippen LogP contribution in [0.4, 0.5) is 0 Å². The molecule has 0 heterocycles. The predicted molar refractivity (Wildman–Crippen MR) is 57.9 cm³/mol. The van der Waals surface area contributed by atoms with E-state index in [1.165, 1.54) is 7.11 Å². The van der Waals surface area contributed by atoms with Gasteiger partial charge in [0.15, 0.2) is 0 Å². The summed E-state index contributed by atoms with van der Waals surface area (Å²) in [5.74, 6) is -0.436. The zero-order valence-electron chi connectivity index (χ0n) is 9.83. The molecular weight excluding hydrogens is 218 g/mol. The Morgan fingerprint density at radius 2 is 1.87 bits per heavy atom. The van der Waals surface area contributed by atoms with E-state index in [4.69, 9.17) is 0 Å². The van der Waals surface area contributed by atoms with Gasteiger partial charge in [-0.05, 0) is 27.7 Å². The van der Waals surface area contributed by atoms with Gasteiger partial charge < -0.3 is 4.74 Å². The van der Waals surface area contributed by atoms with Crippen molar-refractivity contribution in [2.24, 2.45) is 5.41 Å². The molecule has 1 N–H and O–H groups in total. The molecule has 0 aliphatic rings. The van der Waals surface area contributed by atoms with Crippen molar-refractivity contribution in [2.45, 2.75) is 32.9 Å². The van der Waals surface area contributed by atoms with Gasteiger partial charge in [-0.3, -0.25) is 4.79 Å². The second-order valence-corrected chi connectivity index (χ2v) is 6.61. The first kappa shape index (κ1) is 14.4. The topological polar surface area (TPSA) is 72.5 Å². The van der Waals surface area contributed by atoms with E-state index in [1.54, 1.807) is 27.7 Å². The molecule has 0 rings (SSSR count). The normalized spacial score (nSPS) is 12.9. The lowest BCUT2D eigenvalue weighted by atomic mass is 9.94. The third kappa shape index (κ3) is 4.17. The number of sulfonamides is 1. The minimum atomic E-state index is -3.33. The molecule has 0 spiro atoms. The van der Waals surface area contributed by atoms with E-state index in [9.17, 15) is 13.2 Å². The number of methoxy groups -OCH3 is 1. The van der Waals surface area contributed by atoms with Crippen molar-refractivity contribution >= 4 is 16.0 Å². The van der Waals surface area contributed by atoms with Gasteiger partial charge in [0.25, 0.3) is 0 Å². The van der Waals surface area contributed by atoms with Crippen molar-refractivity contribution in [1.29, 1.82) is 0 Å². The number of nitrogens with one attached hydrogen (secondary N) is 1. The third-order valence-electron chi connectivity index (χ3n) is 2.07. The Labute approximate surface area is 91.2 Å². The summed E-state index contributed by atoms with van der Waals surface area (Å²) < 4.78 is 29.8. The summed E-state index contributed by atoms with van der Waals surface area (Å²) in [6, 6.07) is 0. The number of hydrogen-bond donors (Lipinski definition) is 1. The third-order valence-corrected chi connectivity index (χ3v) is 3.86. The van der Waals surface area contributed by atoms with Crippen molar-refractivity contribution in [3.63, 3.8) is 0 Å². The molecule has 0 radical (unpaired) electrons. The maximum Gasteiger partial charge on any atom is 0.312 e. The molecule has 0 amide bonds. The van der Waals surface area contributed by atoms with E-state index in [1.807, 2.05) is 0 Å². The lowest BCUT2D eigenvalue weighted by Gasteiger charge is -2.22. The fraction of sp³-hybridized carbons (Fsp3) is 0.889. The van der Waals surface area contributed by atoms with Crippen molar-refractivity contribution in [1.82, 2.24) is 4.72 Å². The maximum atomic E-state index is 11.4. The average molecular weight is 237 g/mol. The number of esters is 1. The molecule has 15 heavy (non-hydrogen) atoms. The standard InChI is InChI=1S/C9H19NO4S/c1-7(2)15(12,13)10-6-9(3,4)8(11)14-5/h7,10H,6H2,1-5H3. The molecule has 0 saturated carbocycles. The minimum Gasteiger partial charge on any atom is -0.469 e. The van der Waals surface area contributed by atoms with Gasteiger partial charge >= 0.3 is 5.97 Å². The Hall–Kier alpha value is -0.620. The molecule has 0 fully saturated rings. The van der Waals surface area contributed by atoms with Gasteiger partial charge in [0.05, 0.1) is 17.8 Å². The first-order valence-corrected chi connectivity index (χ1v) is 6.25. The van der Waals surface area contributed by atoms with Crippen LogP contribution in [0.1, 0.15) is 27.7 Å². The summed E-state index contributed by atoms with van der Waals surface area (Å²) in [5.41, 5.74) is -0.850. The molecule has 0 atom stereocenters. The van der Waals surface area contributed by atoms with Gasteiger partial charge in [-0.15, -0.1) is 0 Å². The van der Waals surface area contributed by atoms with Gasteiger partial charge in [0.2, 0.25) is 10.0 Å². The van der Waals surface area contributed by atoms with E-state index in [0.29, 0.717) is 0 Å². The molecule has 0 aromatic rings. The monoisotopic (exact) mass is 237 g/mol. The van der Waals surface area contributed by atoms with E-state index in [2.05, 4.69) is 9.46 Å². The van der Waals surface area contributed by atoms with Crippen LogP contribution in [0.2, 0.25) is 0 Å². The highest BCUT2D eigenvalue weighted by atomic mass is 32.2. The molecule has 0 aliphatic carbocycles. The Bertz CT molecular complexity index is 319. The number of rotatable bonds is 5. The van der Waals surface area contributed by atoms with E-state index in [0.717, 1.165) is 0 Å². The maximum absolute atomic E-state index is 11.4. The van der Waals surface area contributed by atoms with Gasteiger partial charge in [0, 0.05) is 6.54 Å². The Morgan fingerprint density at radius 3 is 2.20 bits per heavy atom. The molecule has 0 saturated heterocycles. The van der Waals surface area contributed by atoms with Gasteiger partial charge in [0.1, 0.15) is 0 Å². The molecule has 0 aromatic carbocycles. The lowest BCUT2D eigenvalue weighted by molar-refractivity contribution is -0.150. The van der Waals surface area contributed by atoms with Crippen LogP contribution in [0, 0.1) is 5.41 Å². The van der Waals surface area contributed by atoms with Crippen LogP contribution in [0.5, 0.6) is 0 Å². The molecule has 0 bridgehead atoms. The summed E-state index contributed by atoms with van der Waals surface area (Å²) >= 11 is 0. The zero-order valence-corrected chi connectivity index (χ0v) is 10.6. The smallest absolute Gasteiger partial charge is 0.312 e. The number of carbonyl (C=O) groups excluding carboxylic acids is 1. The van der Waals surface area contributed by atoms with Gasteiger partial charge in [-0.25, -0.2) is 13.1 Å². The Morgan fingerprint density at radius 1 is 1.40 bits per heavy atom. The summed E-state index contributed by atoms with van der Waals surface area (Å²) in [6.45, 7) is 6.45. The van der Waals surface area contributed by atoms with Crippen molar-refractivity contribution in [3.05, 3.63) is 0 Å². The summed E-state index contributed by atoms with van der Waals surface area (Å²) in [5, 5.41) is -0.508. The summed E-state index contributed by atoms with van der Waals surface area (Å²) in [7, 11) is -2.05. The molecule has 90 valence electrons. The second-order valence-electron chi connectivity index (χ2n) is 4.29.